The van der Waals surface area contributed by atoms with Gasteiger partial charge in [0.1, 0.15) is 20.1 Å². The number of nitrogens with zero attached hydrogens (tertiary/aromatic N) is 3. The first-order chi connectivity index (χ1) is 17.3. The van der Waals surface area contributed by atoms with Gasteiger partial charge >= 0.3 is 0 Å². The van der Waals surface area contributed by atoms with E-state index in [9.17, 15) is 0 Å². The van der Waals surface area contributed by atoms with E-state index in [1.807, 2.05) is 0 Å². The molecule has 4 heteroatoms. The molecule has 0 unspecified atom stereocenters. The van der Waals surface area contributed by atoms with Crippen LogP contribution in [0.5, 0.6) is 0 Å². The number of hydrogen-bond donors (Lipinski definition) is 0. The quantitative estimate of drug-likeness (QED) is 0.314. The van der Waals surface area contributed by atoms with Crippen LogP contribution in [-0.4, -0.2) is 56.1 Å². The lowest BCUT2D eigenvalue weighted by Gasteiger charge is -2.35. The molecule has 2 aromatic carbocycles. The number of para-hydroxylation sites is 2. The van der Waals surface area contributed by atoms with Gasteiger partial charge in [-0.3, -0.25) is 0 Å². The fourth-order valence-electron chi connectivity index (χ4n) is 6.54. The van der Waals surface area contributed by atoms with Crippen LogP contribution in [-0.2, 0) is 10.8 Å². The molecule has 0 radical (unpaired) electrons. The molecule has 0 saturated carbocycles. The van der Waals surface area contributed by atoms with Crippen molar-refractivity contribution in [3.8, 4) is 0 Å². The lowest BCUT2D eigenvalue weighted by molar-refractivity contribution is -0.881. The first kappa shape index (κ1) is 25.8. The molecule has 3 nitrogen and oxygen atoms in total. The summed E-state index contributed by atoms with van der Waals surface area (Å²) in [4.78, 5) is 2.32. The zero-order valence-electron chi connectivity index (χ0n) is 23.6. The van der Waals surface area contributed by atoms with E-state index >= 15 is 0 Å². The molecule has 0 atom stereocenters. The summed E-state index contributed by atoms with van der Waals surface area (Å²) in [6, 6.07) is 17.4. The number of anilines is 1. The molecule has 192 valence electrons. The predicted molar refractivity (Wildman–Crippen MR) is 158 cm³/mol. The summed E-state index contributed by atoms with van der Waals surface area (Å²) in [5, 5.41) is 0.887. The van der Waals surface area contributed by atoms with Crippen LogP contribution in [0.4, 0.5) is 11.4 Å². The summed E-state index contributed by atoms with van der Waals surface area (Å²) in [5.74, 6) is 0. The van der Waals surface area contributed by atoms with Gasteiger partial charge in [0.25, 0.3) is 0 Å². The molecule has 0 amide bonds. The molecule has 3 aliphatic heterocycles. The second kappa shape index (κ2) is 8.85. The summed E-state index contributed by atoms with van der Waals surface area (Å²) in [6.45, 7) is 11.0. The predicted octanol–water partition coefficient (Wildman–Crippen LogP) is 7.07. The van der Waals surface area contributed by atoms with Crippen molar-refractivity contribution in [1.29, 1.82) is 0 Å². The zero-order valence-corrected chi connectivity index (χ0v) is 24.3. The van der Waals surface area contributed by atoms with Crippen molar-refractivity contribution in [3.05, 3.63) is 106 Å². The largest absolute Gasteiger partial charge is 0.347 e. The van der Waals surface area contributed by atoms with Crippen LogP contribution in [0.3, 0.4) is 0 Å². The van der Waals surface area contributed by atoms with E-state index < -0.39 is 0 Å². The number of allylic oxidation sites excluding steroid dienone is 4. The van der Waals surface area contributed by atoms with Gasteiger partial charge in [-0.25, -0.2) is 0 Å². The van der Waals surface area contributed by atoms with Crippen LogP contribution in [0.25, 0.3) is 0 Å². The Kier molecular flexibility index (Phi) is 6.16. The summed E-state index contributed by atoms with van der Waals surface area (Å²) >= 11 is 7.12. The highest BCUT2D eigenvalue weighted by Crippen LogP contribution is 2.47. The van der Waals surface area contributed by atoms with E-state index in [2.05, 4.69) is 138 Å². The first-order valence-corrected chi connectivity index (χ1v) is 13.6. The van der Waals surface area contributed by atoms with Crippen LogP contribution in [0.15, 0.2) is 94.7 Å². The SMILES string of the molecule is CN1/C(=C/C=C2\C[N+](C)(C)CC(/C=C/C3=[N+](C)c4ccccc4C3(C)C)=C2Cl)C(C)(C)c2ccccc21. The van der Waals surface area contributed by atoms with Gasteiger partial charge in [-0.05, 0) is 37.6 Å². The third kappa shape index (κ3) is 4.23. The highest BCUT2D eigenvalue weighted by atomic mass is 35.5. The number of rotatable bonds is 3. The van der Waals surface area contributed by atoms with Gasteiger partial charge in [-0.1, -0.05) is 67.9 Å². The van der Waals surface area contributed by atoms with E-state index in [1.54, 1.807) is 0 Å². The van der Waals surface area contributed by atoms with Gasteiger partial charge < -0.3 is 9.38 Å². The second-order valence-corrected chi connectivity index (χ2v) is 12.8. The van der Waals surface area contributed by atoms with Gasteiger partial charge in [0, 0.05) is 52.7 Å². The van der Waals surface area contributed by atoms with Crippen LogP contribution in [0.2, 0.25) is 0 Å². The Morgan fingerprint density at radius 3 is 2.19 bits per heavy atom. The van der Waals surface area contributed by atoms with Crippen molar-refractivity contribution in [3.63, 3.8) is 0 Å². The summed E-state index contributed by atoms with van der Waals surface area (Å²) in [6.07, 6.45) is 9.07. The summed E-state index contributed by atoms with van der Waals surface area (Å²) in [7, 11) is 8.90. The van der Waals surface area contributed by atoms with Crippen molar-refractivity contribution in [2.24, 2.45) is 0 Å². The number of quaternary nitrogens is 1. The van der Waals surface area contributed by atoms with Crippen LogP contribution < -0.4 is 4.90 Å². The molecule has 0 N–H and O–H groups in total. The molecule has 3 aliphatic rings. The third-order valence-electron chi connectivity index (χ3n) is 8.53. The van der Waals surface area contributed by atoms with E-state index in [4.69, 9.17) is 11.6 Å². The van der Waals surface area contributed by atoms with Crippen molar-refractivity contribution >= 4 is 28.7 Å². The van der Waals surface area contributed by atoms with Crippen LogP contribution in [0.1, 0.15) is 38.8 Å². The Balaban J connectivity index is 1.51. The van der Waals surface area contributed by atoms with Gasteiger partial charge in [-0.2, -0.15) is 4.58 Å². The Labute approximate surface area is 228 Å². The van der Waals surface area contributed by atoms with E-state index in [0.717, 1.165) is 22.6 Å². The average Bonchev–Trinajstić information content (AvgIpc) is 3.16. The average molecular weight is 514 g/mol. The topological polar surface area (TPSA) is 6.25 Å². The highest BCUT2D eigenvalue weighted by Gasteiger charge is 2.43. The summed E-state index contributed by atoms with van der Waals surface area (Å²) < 4.78 is 3.19. The zero-order chi connectivity index (χ0) is 26.8. The smallest absolute Gasteiger partial charge is 0.209 e. The monoisotopic (exact) mass is 513 g/mol. The molecule has 5 rings (SSSR count). The van der Waals surface area contributed by atoms with Crippen molar-refractivity contribution in [2.45, 2.75) is 38.5 Å². The maximum absolute atomic E-state index is 7.12. The second-order valence-electron chi connectivity index (χ2n) is 12.5. The lowest BCUT2D eigenvalue weighted by Crippen LogP contribution is -2.45. The lowest BCUT2D eigenvalue weighted by atomic mass is 9.81. The molecule has 3 heterocycles. The first-order valence-electron chi connectivity index (χ1n) is 13.2. The fraction of sp³-hybridized carbons (Fsp3) is 0.364. The number of hydrogen-bond acceptors (Lipinski definition) is 1. The van der Waals surface area contributed by atoms with Crippen molar-refractivity contribution in [2.75, 3.05) is 46.2 Å². The number of benzene rings is 2. The molecule has 0 bridgehead atoms. The Morgan fingerprint density at radius 2 is 1.51 bits per heavy atom. The Bertz CT molecular complexity index is 1430. The van der Waals surface area contributed by atoms with E-state index in [1.165, 1.54) is 45.1 Å². The minimum absolute atomic E-state index is 0.0509. The summed E-state index contributed by atoms with van der Waals surface area (Å²) in [5.41, 5.74) is 10.2. The molecule has 37 heavy (non-hydrogen) atoms. The van der Waals surface area contributed by atoms with Gasteiger partial charge in [0.15, 0.2) is 5.71 Å². The Morgan fingerprint density at radius 1 is 0.865 bits per heavy atom. The number of halogens is 1. The maximum Gasteiger partial charge on any atom is 0.209 e. The third-order valence-corrected chi connectivity index (χ3v) is 9.01. The van der Waals surface area contributed by atoms with E-state index in [0.29, 0.717) is 0 Å². The Hall–Kier alpha value is -2.88. The number of fused-ring (bicyclic) bond motifs is 2. The minimum Gasteiger partial charge on any atom is -0.347 e. The molecule has 0 aromatic heterocycles. The van der Waals surface area contributed by atoms with Gasteiger partial charge in [0.05, 0.1) is 24.5 Å². The molecule has 0 fully saturated rings. The molecule has 0 saturated heterocycles. The molecular formula is C33H40ClN3+2. The van der Waals surface area contributed by atoms with Crippen molar-refractivity contribution in [1.82, 2.24) is 0 Å². The van der Waals surface area contributed by atoms with Crippen molar-refractivity contribution < 1.29 is 9.06 Å². The van der Waals surface area contributed by atoms with Gasteiger partial charge in [-0.15, -0.1) is 0 Å². The standard InChI is InChI=1S/C33H40ClN3/c1-32(2)25-13-9-11-15-27(25)35(5)29(32)19-17-23-21-37(7,8)22-24(31(23)34)18-20-30-33(3,4)26-14-10-12-16-28(26)36(30)6/h9-20H,21-22H2,1-8H3/q+2. The normalized spacial score (nSPS) is 24.0. The van der Waals surface area contributed by atoms with E-state index in [-0.39, 0.29) is 10.8 Å². The molecule has 0 spiro atoms. The highest BCUT2D eigenvalue weighted by molar-refractivity contribution is 6.32. The molecule has 2 aromatic rings. The molecule has 0 aliphatic carbocycles. The minimum atomic E-state index is -0.0509. The number of likely N-dealkylation sites (N-methyl/N-ethyl adjacent to an activating group) is 2. The fourth-order valence-corrected chi connectivity index (χ4v) is 6.78. The van der Waals surface area contributed by atoms with Gasteiger partial charge in [0.2, 0.25) is 5.69 Å². The van der Waals surface area contributed by atoms with Crippen LogP contribution >= 0.6 is 11.6 Å². The maximum atomic E-state index is 7.12. The molecular weight excluding hydrogens is 474 g/mol. The van der Waals surface area contributed by atoms with Crippen LogP contribution in [0, 0.1) is 0 Å².